The largest absolute Gasteiger partial charge is 0.370 e. The molecule has 0 spiro atoms. The molecule has 0 aliphatic carbocycles. The van der Waals surface area contributed by atoms with Crippen molar-refractivity contribution in [3.8, 4) is 0 Å². The Morgan fingerprint density at radius 1 is 1.70 bits per heavy atom. The van der Waals surface area contributed by atoms with E-state index in [4.69, 9.17) is 5.73 Å². The first-order valence-electron chi connectivity index (χ1n) is 3.18. The van der Waals surface area contributed by atoms with Gasteiger partial charge >= 0.3 is 0 Å². The molecular weight excluding hydrogens is 132 g/mol. The van der Waals surface area contributed by atoms with Gasteiger partial charge in [-0.2, -0.15) is 0 Å². The minimum atomic E-state index is -0.375. The highest BCUT2D eigenvalue weighted by Gasteiger charge is 1.99. The molecule has 0 aromatic rings. The molecule has 4 heteroatoms. The van der Waals surface area contributed by atoms with Crippen molar-refractivity contribution in [1.82, 2.24) is 4.90 Å². The summed E-state index contributed by atoms with van der Waals surface area (Å²) < 4.78 is 0. The first-order valence-corrected chi connectivity index (χ1v) is 3.18. The molecule has 0 aliphatic heterocycles. The van der Waals surface area contributed by atoms with Crippen molar-refractivity contribution in [2.75, 3.05) is 13.1 Å². The summed E-state index contributed by atoms with van der Waals surface area (Å²) in [6, 6.07) is 0. The van der Waals surface area contributed by atoms with Crippen LogP contribution in [0.5, 0.6) is 0 Å². The molecule has 0 rings (SSSR count). The Kier molecular flexibility index (Phi) is 4.28. The van der Waals surface area contributed by atoms with Crippen LogP contribution in [0.3, 0.4) is 0 Å². The molecule has 0 aromatic carbocycles. The van der Waals surface area contributed by atoms with Crippen LogP contribution in [0.15, 0.2) is 0 Å². The van der Waals surface area contributed by atoms with Crippen molar-refractivity contribution in [2.24, 2.45) is 5.73 Å². The molecule has 10 heavy (non-hydrogen) atoms. The van der Waals surface area contributed by atoms with E-state index >= 15 is 0 Å². The number of amides is 2. The maximum atomic E-state index is 10.2. The lowest BCUT2D eigenvalue weighted by atomic mass is 10.4. The van der Waals surface area contributed by atoms with E-state index in [2.05, 4.69) is 0 Å². The van der Waals surface area contributed by atoms with Crippen molar-refractivity contribution in [1.29, 1.82) is 0 Å². The maximum absolute atomic E-state index is 10.2. The smallest absolute Gasteiger partial charge is 0.219 e. The van der Waals surface area contributed by atoms with E-state index in [0.29, 0.717) is 19.5 Å². The first-order chi connectivity index (χ1) is 4.70. The van der Waals surface area contributed by atoms with Crippen LogP contribution in [-0.2, 0) is 9.59 Å². The average molecular weight is 144 g/mol. The third-order valence-corrected chi connectivity index (χ3v) is 1.20. The second kappa shape index (κ2) is 4.78. The number of nitrogens with zero attached hydrogens (tertiary/aromatic N) is 1. The standard InChI is InChI=1S/C6H12N2O2/c1-2-8(5-9)4-3-6(7)10/h5H,2-4H2,1H3,(H2,7,10). The molecule has 0 aliphatic rings. The summed E-state index contributed by atoms with van der Waals surface area (Å²) in [5.74, 6) is -0.375. The summed E-state index contributed by atoms with van der Waals surface area (Å²) in [5, 5.41) is 0. The molecule has 2 N–H and O–H groups in total. The Morgan fingerprint density at radius 2 is 2.30 bits per heavy atom. The summed E-state index contributed by atoms with van der Waals surface area (Å²) in [6.45, 7) is 2.89. The highest BCUT2D eigenvalue weighted by molar-refractivity contribution is 5.74. The van der Waals surface area contributed by atoms with Gasteiger partial charge < -0.3 is 10.6 Å². The van der Waals surface area contributed by atoms with Crippen molar-refractivity contribution >= 4 is 12.3 Å². The zero-order chi connectivity index (χ0) is 7.98. The van der Waals surface area contributed by atoms with Crippen LogP contribution in [0, 0.1) is 0 Å². The van der Waals surface area contributed by atoms with Crippen LogP contribution in [0.1, 0.15) is 13.3 Å². The van der Waals surface area contributed by atoms with Crippen LogP contribution >= 0.6 is 0 Å². The van der Waals surface area contributed by atoms with Crippen LogP contribution in [0.25, 0.3) is 0 Å². The molecule has 58 valence electrons. The highest BCUT2D eigenvalue weighted by atomic mass is 16.1. The lowest BCUT2D eigenvalue weighted by molar-refractivity contribution is -0.120. The Hall–Kier alpha value is -1.06. The summed E-state index contributed by atoms with van der Waals surface area (Å²) in [5.41, 5.74) is 4.87. The van der Waals surface area contributed by atoms with Gasteiger partial charge in [0.25, 0.3) is 0 Å². The number of carbonyl (C=O) groups is 2. The van der Waals surface area contributed by atoms with Gasteiger partial charge in [0.15, 0.2) is 0 Å². The summed E-state index contributed by atoms with van der Waals surface area (Å²) in [6.07, 6.45) is 0.954. The van der Waals surface area contributed by atoms with Gasteiger partial charge in [-0.15, -0.1) is 0 Å². The Morgan fingerprint density at radius 3 is 2.60 bits per heavy atom. The number of hydrogen-bond acceptors (Lipinski definition) is 2. The monoisotopic (exact) mass is 144 g/mol. The molecule has 4 nitrogen and oxygen atoms in total. The minimum Gasteiger partial charge on any atom is -0.370 e. The highest BCUT2D eigenvalue weighted by Crippen LogP contribution is 1.84. The van der Waals surface area contributed by atoms with Crippen LogP contribution in [0.2, 0.25) is 0 Å². The fourth-order valence-corrected chi connectivity index (χ4v) is 0.539. The molecule has 0 saturated carbocycles. The normalized spacial score (nSPS) is 8.90. The third-order valence-electron chi connectivity index (χ3n) is 1.20. The molecule has 2 amide bonds. The SMILES string of the molecule is CCN(C=O)CCC(N)=O. The number of hydrogen-bond donors (Lipinski definition) is 1. The molecule has 0 aromatic heterocycles. The van der Waals surface area contributed by atoms with Gasteiger partial charge in [-0.05, 0) is 6.92 Å². The van der Waals surface area contributed by atoms with Gasteiger partial charge in [0.1, 0.15) is 0 Å². The van der Waals surface area contributed by atoms with Gasteiger partial charge in [0.2, 0.25) is 12.3 Å². The molecule has 0 heterocycles. The third kappa shape index (κ3) is 3.88. The van der Waals surface area contributed by atoms with Gasteiger partial charge in [-0.25, -0.2) is 0 Å². The number of primary amides is 1. The fraction of sp³-hybridized carbons (Fsp3) is 0.667. The van der Waals surface area contributed by atoms with Crippen LogP contribution in [0.4, 0.5) is 0 Å². The maximum Gasteiger partial charge on any atom is 0.219 e. The summed E-state index contributed by atoms with van der Waals surface area (Å²) in [7, 11) is 0. The van der Waals surface area contributed by atoms with Gasteiger partial charge in [-0.3, -0.25) is 9.59 Å². The van der Waals surface area contributed by atoms with E-state index in [0.717, 1.165) is 0 Å². The Balaban J connectivity index is 3.44. The molecule has 0 unspecified atom stereocenters. The lowest BCUT2D eigenvalue weighted by Crippen LogP contribution is -2.26. The topological polar surface area (TPSA) is 63.4 Å². The van der Waals surface area contributed by atoms with E-state index in [1.165, 1.54) is 4.90 Å². The van der Waals surface area contributed by atoms with Crippen molar-refractivity contribution in [3.63, 3.8) is 0 Å². The van der Waals surface area contributed by atoms with Crippen molar-refractivity contribution in [2.45, 2.75) is 13.3 Å². The Bertz CT molecular complexity index is 125. The quantitative estimate of drug-likeness (QED) is 0.520. The van der Waals surface area contributed by atoms with Crippen molar-refractivity contribution < 1.29 is 9.59 Å². The zero-order valence-corrected chi connectivity index (χ0v) is 6.04. The average Bonchev–Trinajstić information content (AvgIpc) is 1.90. The molecule has 0 bridgehead atoms. The summed E-state index contributed by atoms with van der Waals surface area (Å²) >= 11 is 0. The summed E-state index contributed by atoms with van der Waals surface area (Å²) in [4.78, 5) is 21.8. The number of carbonyl (C=O) groups excluding carboxylic acids is 2. The van der Waals surface area contributed by atoms with Gasteiger partial charge in [0.05, 0.1) is 0 Å². The predicted molar refractivity (Wildman–Crippen MR) is 37.1 cm³/mol. The minimum absolute atomic E-state index is 0.243. The fourth-order valence-electron chi connectivity index (χ4n) is 0.539. The molecule has 0 radical (unpaired) electrons. The number of nitrogens with two attached hydrogens (primary N) is 1. The lowest BCUT2D eigenvalue weighted by Gasteiger charge is -2.12. The second-order valence-corrected chi connectivity index (χ2v) is 1.95. The van der Waals surface area contributed by atoms with E-state index in [-0.39, 0.29) is 12.3 Å². The number of rotatable bonds is 5. The molecule has 0 atom stereocenters. The van der Waals surface area contributed by atoms with E-state index in [1.807, 2.05) is 6.92 Å². The van der Waals surface area contributed by atoms with Crippen LogP contribution < -0.4 is 5.73 Å². The Labute approximate surface area is 60.0 Å². The van der Waals surface area contributed by atoms with E-state index in [9.17, 15) is 9.59 Å². The molecule has 0 saturated heterocycles. The van der Waals surface area contributed by atoms with Crippen molar-refractivity contribution in [3.05, 3.63) is 0 Å². The molecule has 0 fully saturated rings. The van der Waals surface area contributed by atoms with E-state index in [1.54, 1.807) is 0 Å². The van der Waals surface area contributed by atoms with Gasteiger partial charge in [-0.1, -0.05) is 0 Å². The van der Waals surface area contributed by atoms with E-state index < -0.39 is 0 Å². The van der Waals surface area contributed by atoms with Crippen LogP contribution in [-0.4, -0.2) is 30.3 Å². The zero-order valence-electron chi connectivity index (χ0n) is 6.04. The second-order valence-electron chi connectivity index (χ2n) is 1.95. The molecular formula is C6H12N2O2. The predicted octanol–water partition coefficient (Wildman–Crippen LogP) is -0.660. The van der Waals surface area contributed by atoms with Gasteiger partial charge in [0, 0.05) is 19.5 Å². The first kappa shape index (κ1) is 8.94.